The lowest BCUT2D eigenvalue weighted by atomic mass is 10.1. The highest BCUT2D eigenvalue weighted by Gasteiger charge is 2.50. The Morgan fingerprint density at radius 2 is 2.10 bits per heavy atom. The summed E-state index contributed by atoms with van der Waals surface area (Å²) in [6.45, 7) is 1.06. The lowest BCUT2D eigenvalue weighted by molar-refractivity contribution is -0.143. The second-order valence-corrected chi connectivity index (χ2v) is 5.32. The van der Waals surface area contributed by atoms with Crippen molar-refractivity contribution in [1.29, 1.82) is 0 Å². The molecule has 5 nitrogen and oxygen atoms in total. The van der Waals surface area contributed by atoms with Crippen LogP contribution in [0.1, 0.15) is 28.8 Å². The quantitative estimate of drug-likeness (QED) is 0.695. The van der Waals surface area contributed by atoms with Crippen LogP contribution in [0.2, 0.25) is 0 Å². The third-order valence-electron chi connectivity index (χ3n) is 3.75. The first-order chi connectivity index (χ1) is 9.57. The van der Waals surface area contributed by atoms with Crippen LogP contribution in [0.5, 0.6) is 0 Å². The molecule has 2 rings (SSSR count). The molecule has 0 spiro atoms. The average Bonchev–Trinajstić information content (AvgIpc) is 3.24. The van der Waals surface area contributed by atoms with Crippen LogP contribution < -0.4 is 10.6 Å². The van der Waals surface area contributed by atoms with E-state index in [1.165, 1.54) is 0 Å². The van der Waals surface area contributed by atoms with Crippen LogP contribution >= 0.6 is 0 Å². The predicted molar refractivity (Wildman–Crippen MR) is 75.7 cm³/mol. The minimum atomic E-state index is -0.819. The fraction of sp³-hybridized carbons (Fsp3) is 0.467. The van der Waals surface area contributed by atoms with Gasteiger partial charge in [-0.2, -0.15) is 0 Å². The number of benzene rings is 1. The highest BCUT2D eigenvalue weighted by atomic mass is 16.4. The first-order valence-electron chi connectivity index (χ1n) is 6.82. The third-order valence-corrected chi connectivity index (χ3v) is 3.75. The van der Waals surface area contributed by atoms with Gasteiger partial charge in [-0.1, -0.05) is 12.1 Å². The van der Waals surface area contributed by atoms with Gasteiger partial charge in [0.25, 0.3) is 5.91 Å². The zero-order valence-electron chi connectivity index (χ0n) is 11.6. The lowest BCUT2D eigenvalue weighted by Crippen LogP contribution is -2.34. The molecule has 0 aromatic heterocycles. The Kier molecular flexibility index (Phi) is 4.39. The second-order valence-electron chi connectivity index (χ2n) is 5.32. The predicted octanol–water partition coefficient (Wildman–Crippen LogP) is 1.04. The molecule has 1 amide bonds. The van der Waals surface area contributed by atoms with Crippen LogP contribution in [0.3, 0.4) is 0 Å². The molecule has 1 aliphatic rings. The largest absolute Gasteiger partial charge is 0.481 e. The summed E-state index contributed by atoms with van der Waals surface area (Å²) in [6, 6.07) is 7.43. The number of rotatable bonds is 7. The molecule has 1 aliphatic carbocycles. The first-order valence-corrected chi connectivity index (χ1v) is 6.82. The summed E-state index contributed by atoms with van der Waals surface area (Å²) in [4.78, 5) is 23.1. The van der Waals surface area contributed by atoms with Gasteiger partial charge in [0.15, 0.2) is 0 Å². The van der Waals surface area contributed by atoms with E-state index in [1.54, 1.807) is 6.07 Å². The van der Waals surface area contributed by atoms with Gasteiger partial charge in [-0.05, 0) is 50.6 Å². The maximum atomic E-state index is 12.0. The number of hydrogen-bond acceptors (Lipinski definition) is 3. The van der Waals surface area contributed by atoms with Crippen molar-refractivity contribution in [3.63, 3.8) is 0 Å². The Labute approximate surface area is 118 Å². The van der Waals surface area contributed by atoms with Crippen molar-refractivity contribution in [3.8, 4) is 0 Å². The van der Waals surface area contributed by atoms with Crippen molar-refractivity contribution >= 4 is 11.9 Å². The molecule has 108 valence electrons. The standard InChI is InChI=1S/C15H20N2O3/c1-16-8-5-11-3-2-4-12(9-11)13(18)17-10-15(6-7-15)14(19)20/h2-4,9,16H,5-8,10H2,1H3,(H,17,18)(H,19,20). The van der Waals surface area contributed by atoms with Crippen LogP contribution in [-0.2, 0) is 11.2 Å². The molecule has 3 N–H and O–H groups in total. The lowest BCUT2D eigenvalue weighted by Gasteiger charge is -2.11. The maximum absolute atomic E-state index is 12.0. The number of carbonyl (C=O) groups is 2. The van der Waals surface area contributed by atoms with Crippen molar-refractivity contribution in [2.45, 2.75) is 19.3 Å². The SMILES string of the molecule is CNCCc1cccc(C(=O)NCC2(C(=O)O)CC2)c1. The minimum absolute atomic E-state index is 0.205. The molecular formula is C15H20N2O3. The Morgan fingerprint density at radius 3 is 2.70 bits per heavy atom. The summed E-state index contributed by atoms with van der Waals surface area (Å²) in [6.07, 6.45) is 2.15. The van der Waals surface area contributed by atoms with Crippen molar-refractivity contribution in [2.24, 2.45) is 5.41 Å². The highest BCUT2D eigenvalue weighted by molar-refractivity contribution is 5.94. The van der Waals surface area contributed by atoms with E-state index >= 15 is 0 Å². The van der Waals surface area contributed by atoms with Gasteiger partial charge in [-0.15, -0.1) is 0 Å². The van der Waals surface area contributed by atoms with Gasteiger partial charge in [0.05, 0.1) is 5.41 Å². The fourth-order valence-electron chi connectivity index (χ4n) is 2.11. The topological polar surface area (TPSA) is 78.4 Å². The van der Waals surface area contributed by atoms with Crippen LogP contribution in [-0.4, -0.2) is 37.1 Å². The molecule has 0 radical (unpaired) electrons. The molecule has 1 saturated carbocycles. The van der Waals surface area contributed by atoms with Crippen molar-refractivity contribution in [3.05, 3.63) is 35.4 Å². The number of aliphatic carboxylic acids is 1. The van der Waals surface area contributed by atoms with Crippen LogP contribution in [0.4, 0.5) is 0 Å². The van der Waals surface area contributed by atoms with Gasteiger partial charge in [-0.25, -0.2) is 0 Å². The molecule has 0 atom stereocenters. The number of carbonyl (C=O) groups excluding carboxylic acids is 1. The van der Waals surface area contributed by atoms with Gasteiger partial charge >= 0.3 is 5.97 Å². The van der Waals surface area contributed by atoms with Crippen molar-refractivity contribution in [1.82, 2.24) is 10.6 Å². The van der Waals surface area contributed by atoms with E-state index in [0.29, 0.717) is 18.4 Å². The Hall–Kier alpha value is -1.88. The molecule has 0 unspecified atom stereocenters. The molecule has 20 heavy (non-hydrogen) atoms. The van der Waals surface area contributed by atoms with E-state index in [2.05, 4.69) is 10.6 Å². The highest BCUT2D eigenvalue weighted by Crippen LogP contribution is 2.45. The maximum Gasteiger partial charge on any atom is 0.311 e. The van der Waals surface area contributed by atoms with Crippen LogP contribution in [0.25, 0.3) is 0 Å². The average molecular weight is 276 g/mol. The Balaban J connectivity index is 1.94. The number of carboxylic acid groups (broad SMARTS) is 1. The van der Waals surface area contributed by atoms with E-state index < -0.39 is 11.4 Å². The molecule has 0 saturated heterocycles. The molecular weight excluding hydrogens is 256 g/mol. The molecule has 1 aromatic rings. The van der Waals surface area contributed by atoms with Crippen LogP contribution in [0, 0.1) is 5.41 Å². The Morgan fingerprint density at radius 1 is 1.35 bits per heavy atom. The van der Waals surface area contributed by atoms with E-state index in [-0.39, 0.29) is 12.5 Å². The summed E-state index contributed by atoms with van der Waals surface area (Å²) < 4.78 is 0. The summed E-state index contributed by atoms with van der Waals surface area (Å²) in [5, 5.41) is 14.9. The fourth-order valence-corrected chi connectivity index (χ4v) is 2.11. The number of likely N-dealkylation sites (N-methyl/N-ethyl adjacent to an activating group) is 1. The minimum Gasteiger partial charge on any atom is -0.481 e. The van der Waals surface area contributed by atoms with Crippen molar-refractivity contribution < 1.29 is 14.7 Å². The molecule has 1 fully saturated rings. The van der Waals surface area contributed by atoms with E-state index in [0.717, 1.165) is 18.5 Å². The number of carboxylic acids is 1. The van der Waals surface area contributed by atoms with Gasteiger partial charge in [0, 0.05) is 12.1 Å². The second kappa shape index (κ2) is 6.05. The number of amides is 1. The number of nitrogens with one attached hydrogen (secondary N) is 2. The van der Waals surface area contributed by atoms with Gasteiger partial charge < -0.3 is 15.7 Å². The Bertz CT molecular complexity index is 510. The zero-order valence-corrected chi connectivity index (χ0v) is 11.6. The van der Waals surface area contributed by atoms with E-state index in [4.69, 9.17) is 5.11 Å². The molecule has 1 aromatic carbocycles. The molecule has 0 heterocycles. The normalized spacial score (nSPS) is 15.7. The third kappa shape index (κ3) is 3.36. The smallest absolute Gasteiger partial charge is 0.311 e. The van der Waals surface area contributed by atoms with Gasteiger partial charge in [-0.3, -0.25) is 9.59 Å². The van der Waals surface area contributed by atoms with E-state index in [9.17, 15) is 9.59 Å². The summed E-state index contributed by atoms with van der Waals surface area (Å²) in [7, 11) is 1.89. The van der Waals surface area contributed by atoms with Crippen molar-refractivity contribution in [2.75, 3.05) is 20.1 Å². The summed E-state index contributed by atoms with van der Waals surface area (Å²) in [5.41, 5.74) is 0.950. The number of hydrogen-bond donors (Lipinski definition) is 3. The summed E-state index contributed by atoms with van der Waals surface area (Å²) >= 11 is 0. The monoisotopic (exact) mass is 276 g/mol. The van der Waals surface area contributed by atoms with E-state index in [1.807, 2.05) is 25.2 Å². The zero-order chi connectivity index (χ0) is 14.6. The van der Waals surface area contributed by atoms with Gasteiger partial charge in [0.2, 0.25) is 0 Å². The first kappa shape index (κ1) is 14.5. The molecule has 0 aliphatic heterocycles. The van der Waals surface area contributed by atoms with Gasteiger partial charge in [0.1, 0.15) is 0 Å². The van der Waals surface area contributed by atoms with Crippen LogP contribution in [0.15, 0.2) is 24.3 Å². The summed E-state index contributed by atoms with van der Waals surface area (Å²) in [5.74, 6) is -1.02. The molecule has 5 heteroatoms. The molecule has 0 bridgehead atoms.